The molecule has 0 saturated carbocycles. The van der Waals surface area contributed by atoms with Gasteiger partial charge in [0.1, 0.15) is 0 Å². The Morgan fingerprint density at radius 1 is 1.18 bits per heavy atom. The molecule has 0 atom stereocenters. The fraction of sp³-hybridized carbons (Fsp3) is 0.300. The number of hydrogen-bond acceptors (Lipinski definition) is 5. The van der Waals surface area contributed by atoms with E-state index >= 15 is 0 Å². The molecule has 0 saturated heterocycles. The van der Waals surface area contributed by atoms with Gasteiger partial charge in [-0.25, -0.2) is 0 Å². The lowest BCUT2D eigenvalue weighted by Crippen LogP contribution is -2.17. The number of thiazole rings is 1. The van der Waals surface area contributed by atoms with Gasteiger partial charge < -0.3 is 14.0 Å². The minimum atomic E-state index is -0.171. The molecule has 1 heterocycles. The van der Waals surface area contributed by atoms with E-state index < -0.39 is 0 Å². The van der Waals surface area contributed by atoms with E-state index in [0.29, 0.717) is 21.3 Å². The maximum atomic E-state index is 12.5. The van der Waals surface area contributed by atoms with Gasteiger partial charge in [0.15, 0.2) is 16.3 Å². The van der Waals surface area contributed by atoms with E-state index in [1.54, 1.807) is 14.2 Å². The van der Waals surface area contributed by atoms with Crippen LogP contribution in [0.5, 0.6) is 11.5 Å². The predicted molar refractivity (Wildman–Crippen MR) is 116 cm³/mol. The fourth-order valence-corrected chi connectivity index (χ4v) is 4.63. The molecule has 0 aliphatic rings. The van der Waals surface area contributed by atoms with Crippen LogP contribution in [0.2, 0.25) is 5.02 Å². The van der Waals surface area contributed by atoms with E-state index in [2.05, 4.69) is 16.5 Å². The van der Waals surface area contributed by atoms with Gasteiger partial charge in [-0.3, -0.25) is 4.79 Å². The van der Waals surface area contributed by atoms with Crippen LogP contribution >= 0.6 is 34.7 Å². The first-order chi connectivity index (χ1) is 13.5. The maximum absolute atomic E-state index is 12.5. The van der Waals surface area contributed by atoms with Crippen molar-refractivity contribution in [1.82, 2.24) is 4.57 Å². The summed E-state index contributed by atoms with van der Waals surface area (Å²) in [5.41, 5.74) is 0.987. The summed E-state index contributed by atoms with van der Waals surface area (Å²) in [6.07, 6.45) is 0.932. The lowest BCUT2D eigenvalue weighted by Gasteiger charge is -2.08. The molecule has 0 N–H and O–H groups in total. The van der Waals surface area contributed by atoms with Crippen molar-refractivity contribution in [3.8, 4) is 11.5 Å². The number of aryl methyl sites for hydroxylation is 1. The smallest absolute Gasteiger partial charge is 0.258 e. The molecular formula is C20H21ClN2O3S2. The lowest BCUT2D eigenvalue weighted by molar-refractivity contribution is -0.115. The first-order valence-electron chi connectivity index (χ1n) is 8.77. The Morgan fingerprint density at radius 2 is 1.86 bits per heavy atom. The van der Waals surface area contributed by atoms with Crippen LogP contribution in [-0.4, -0.2) is 30.4 Å². The van der Waals surface area contributed by atoms with Gasteiger partial charge in [0, 0.05) is 28.6 Å². The summed E-state index contributed by atoms with van der Waals surface area (Å²) < 4.78 is 13.9. The molecule has 0 unspecified atom stereocenters. The third-order valence-corrected chi connectivity index (χ3v) is 6.32. The Hall–Kier alpha value is -1.96. The van der Waals surface area contributed by atoms with E-state index in [1.807, 2.05) is 36.4 Å². The molecule has 1 amide bonds. The normalized spacial score (nSPS) is 11.8. The van der Waals surface area contributed by atoms with Gasteiger partial charge in [-0.1, -0.05) is 29.9 Å². The molecule has 28 heavy (non-hydrogen) atoms. The van der Waals surface area contributed by atoms with Gasteiger partial charge >= 0.3 is 0 Å². The summed E-state index contributed by atoms with van der Waals surface area (Å²) in [5, 5.41) is 0.678. The van der Waals surface area contributed by atoms with E-state index in [4.69, 9.17) is 21.1 Å². The lowest BCUT2D eigenvalue weighted by atomic mass is 10.3. The number of hydrogen-bond donors (Lipinski definition) is 0. The number of benzene rings is 2. The van der Waals surface area contributed by atoms with Crippen molar-refractivity contribution in [1.29, 1.82) is 0 Å². The number of halogens is 1. The third-order valence-electron chi connectivity index (χ3n) is 4.03. The summed E-state index contributed by atoms with van der Waals surface area (Å²) >= 11 is 8.82. The van der Waals surface area contributed by atoms with E-state index in [-0.39, 0.29) is 11.7 Å². The Morgan fingerprint density at radius 3 is 2.50 bits per heavy atom. The number of carbonyl (C=O) groups excluding carboxylic acids is 1. The first kappa shape index (κ1) is 20.8. The van der Waals surface area contributed by atoms with Gasteiger partial charge in [0.25, 0.3) is 5.91 Å². The van der Waals surface area contributed by atoms with Crippen LogP contribution < -0.4 is 14.3 Å². The number of nitrogens with zero attached hydrogens (tertiary/aromatic N) is 2. The molecule has 0 fully saturated rings. The van der Waals surface area contributed by atoms with Gasteiger partial charge in [-0.05, 0) is 30.7 Å². The number of methoxy groups -OCH3 is 2. The number of aromatic nitrogens is 1. The molecule has 8 heteroatoms. The minimum Gasteiger partial charge on any atom is -0.493 e. The van der Waals surface area contributed by atoms with Crippen molar-refractivity contribution in [3.63, 3.8) is 0 Å². The number of amides is 1. The van der Waals surface area contributed by atoms with E-state index in [0.717, 1.165) is 28.1 Å². The number of ether oxygens (including phenoxy) is 2. The Bertz CT molecular complexity index is 1040. The third kappa shape index (κ3) is 4.71. The largest absolute Gasteiger partial charge is 0.493 e. The molecule has 0 radical (unpaired) electrons. The van der Waals surface area contributed by atoms with Crippen molar-refractivity contribution in [2.24, 2.45) is 4.99 Å². The topological polar surface area (TPSA) is 52.8 Å². The van der Waals surface area contributed by atoms with Gasteiger partial charge in [0.2, 0.25) is 0 Å². The van der Waals surface area contributed by atoms with E-state index in [1.165, 1.54) is 23.1 Å². The SMILES string of the molecule is CCCn1c(=NC(=O)CSc2ccc(Cl)cc2)sc2cc(OC)c(OC)cc21. The Kier molecular flexibility index (Phi) is 7.04. The van der Waals surface area contributed by atoms with Crippen molar-refractivity contribution in [2.45, 2.75) is 24.8 Å². The first-order valence-corrected chi connectivity index (χ1v) is 10.9. The molecule has 0 bridgehead atoms. The van der Waals surface area contributed by atoms with Gasteiger partial charge in [-0.2, -0.15) is 4.99 Å². The van der Waals surface area contributed by atoms with Gasteiger partial charge in [-0.15, -0.1) is 11.8 Å². The molecule has 3 rings (SSSR count). The van der Waals surface area contributed by atoms with Crippen LogP contribution in [0.4, 0.5) is 0 Å². The zero-order chi connectivity index (χ0) is 20.1. The van der Waals surface area contributed by atoms with E-state index in [9.17, 15) is 4.79 Å². The monoisotopic (exact) mass is 436 g/mol. The van der Waals surface area contributed by atoms with Crippen LogP contribution in [0, 0.1) is 0 Å². The van der Waals surface area contributed by atoms with Crippen molar-refractivity contribution in [2.75, 3.05) is 20.0 Å². The highest BCUT2D eigenvalue weighted by Crippen LogP contribution is 2.33. The van der Waals surface area contributed by atoms with Crippen molar-refractivity contribution >= 4 is 50.8 Å². The molecule has 0 spiro atoms. The predicted octanol–water partition coefficient (Wildman–Crippen LogP) is 5.00. The van der Waals surface area contributed by atoms with Crippen LogP contribution in [0.25, 0.3) is 10.2 Å². The highest BCUT2D eigenvalue weighted by molar-refractivity contribution is 8.00. The van der Waals surface area contributed by atoms with Gasteiger partial charge in [0.05, 0.1) is 30.2 Å². The summed E-state index contributed by atoms with van der Waals surface area (Å²) in [5.74, 6) is 1.43. The summed E-state index contributed by atoms with van der Waals surface area (Å²) in [6, 6.07) is 11.3. The molecule has 0 aliphatic heterocycles. The average molecular weight is 437 g/mol. The van der Waals surface area contributed by atoms with Crippen LogP contribution in [0.1, 0.15) is 13.3 Å². The maximum Gasteiger partial charge on any atom is 0.258 e. The molecule has 3 aromatic rings. The quantitative estimate of drug-likeness (QED) is 0.489. The summed E-state index contributed by atoms with van der Waals surface area (Å²) in [6.45, 7) is 2.87. The standard InChI is InChI=1S/C20H21ClN2O3S2/c1-4-9-23-15-10-16(25-2)17(26-3)11-18(15)28-20(23)22-19(24)12-27-14-7-5-13(21)6-8-14/h5-8,10-11H,4,9,12H2,1-3H3. The number of thioether (sulfide) groups is 1. The molecule has 148 valence electrons. The van der Waals surface area contributed by atoms with Crippen molar-refractivity contribution in [3.05, 3.63) is 46.2 Å². The van der Waals surface area contributed by atoms with Crippen molar-refractivity contribution < 1.29 is 14.3 Å². The average Bonchev–Trinajstić information content (AvgIpc) is 3.02. The van der Waals surface area contributed by atoms with Crippen LogP contribution in [-0.2, 0) is 11.3 Å². The number of rotatable bonds is 7. The van der Waals surface area contributed by atoms with Crippen LogP contribution in [0.3, 0.4) is 0 Å². The Balaban J connectivity index is 1.92. The highest BCUT2D eigenvalue weighted by Gasteiger charge is 2.13. The molecule has 1 aromatic heterocycles. The minimum absolute atomic E-state index is 0.171. The second kappa shape index (κ2) is 9.49. The molecule has 5 nitrogen and oxygen atoms in total. The number of carbonyl (C=O) groups is 1. The molecule has 2 aromatic carbocycles. The zero-order valence-corrected chi connectivity index (χ0v) is 18.3. The number of fused-ring (bicyclic) bond motifs is 1. The second-order valence-corrected chi connectivity index (χ2v) is 8.45. The summed E-state index contributed by atoms with van der Waals surface area (Å²) in [4.78, 5) is 18.5. The highest BCUT2D eigenvalue weighted by atomic mass is 35.5. The second-order valence-electron chi connectivity index (χ2n) is 5.96. The molecule has 0 aliphatic carbocycles. The molecular weight excluding hydrogens is 416 g/mol. The Labute approximate surface area is 177 Å². The fourth-order valence-electron chi connectivity index (χ4n) is 2.74. The van der Waals surface area contributed by atoms with Crippen LogP contribution in [0.15, 0.2) is 46.3 Å². The zero-order valence-electron chi connectivity index (χ0n) is 15.9. The summed E-state index contributed by atoms with van der Waals surface area (Å²) in [7, 11) is 3.23.